The van der Waals surface area contributed by atoms with Crippen molar-refractivity contribution < 1.29 is 23.9 Å². The third kappa shape index (κ3) is 7.40. The maximum atomic E-state index is 12.1. The summed E-state index contributed by atoms with van der Waals surface area (Å²) in [6.45, 7) is -0.221. The molecule has 8 heteroatoms. The fourth-order valence-corrected chi connectivity index (χ4v) is 2.85. The molecule has 0 spiro atoms. The first-order valence-electron chi connectivity index (χ1n) is 8.54. The molecule has 0 unspecified atom stereocenters. The van der Waals surface area contributed by atoms with Gasteiger partial charge in [-0.15, -0.1) is 0 Å². The summed E-state index contributed by atoms with van der Waals surface area (Å²) in [7, 11) is 1.25. The molecule has 0 fully saturated rings. The minimum Gasteiger partial charge on any atom is -0.467 e. The summed E-state index contributed by atoms with van der Waals surface area (Å²) in [6.07, 6.45) is -0.461. The molecule has 28 heavy (non-hydrogen) atoms. The minimum absolute atomic E-state index is 0.0992. The minimum atomic E-state index is -0.867. The first-order valence-corrected chi connectivity index (χ1v) is 9.33. The van der Waals surface area contributed by atoms with Crippen molar-refractivity contribution in [2.45, 2.75) is 19.1 Å². The Morgan fingerprint density at radius 1 is 1.04 bits per heavy atom. The van der Waals surface area contributed by atoms with Crippen LogP contribution in [0.4, 0.5) is 4.79 Å². The maximum absolute atomic E-state index is 12.1. The van der Waals surface area contributed by atoms with E-state index in [0.29, 0.717) is 0 Å². The Morgan fingerprint density at radius 3 is 2.43 bits per heavy atom. The van der Waals surface area contributed by atoms with Crippen molar-refractivity contribution in [3.05, 3.63) is 70.2 Å². The molecule has 0 saturated heterocycles. The number of rotatable bonds is 8. The first kappa shape index (κ1) is 21.4. The van der Waals surface area contributed by atoms with Gasteiger partial charge in [0.05, 0.1) is 7.11 Å². The highest BCUT2D eigenvalue weighted by Gasteiger charge is 2.22. The number of ether oxygens (including phenoxy) is 2. The monoisotopic (exact) mass is 448 g/mol. The largest absolute Gasteiger partial charge is 0.467 e. The molecule has 2 amide bonds. The van der Waals surface area contributed by atoms with E-state index < -0.39 is 24.0 Å². The third-order valence-electron chi connectivity index (χ3n) is 3.76. The van der Waals surface area contributed by atoms with E-state index in [0.717, 1.165) is 15.6 Å². The average Bonchev–Trinajstić information content (AvgIpc) is 2.70. The SMILES string of the molecule is COC(=O)[C@@H](Cc1cccc(Br)c1)NC(=O)CNC(=O)OCc1ccccc1. The van der Waals surface area contributed by atoms with Crippen LogP contribution in [0, 0.1) is 0 Å². The zero-order chi connectivity index (χ0) is 20.4. The van der Waals surface area contributed by atoms with E-state index in [1.165, 1.54) is 7.11 Å². The van der Waals surface area contributed by atoms with Gasteiger partial charge in [-0.2, -0.15) is 0 Å². The highest BCUT2D eigenvalue weighted by atomic mass is 79.9. The Morgan fingerprint density at radius 2 is 1.75 bits per heavy atom. The lowest BCUT2D eigenvalue weighted by Gasteiger charge is -2.17. The molecule has 2 N–H and O–H groups in total. The topological polar surface area (TPSA) is 93.7 Å². The van der Waals surface area contributed by atoms with Crippen LogP contribution in [0.25, 0.3) is 0 Å². The molecule has 0 saturated carbocycles. The van der Waals surface area contributed by atoms with Crippen molar-refractivity contribution >= 4 is 33.9 Å². The number of amides is 2. The lowest BCUT2D eigenvalue weighted by molar-refractivity contribution is -0.144. The molecule has 0 bridgehead atoms. The average molecular weight is 449 g/mol. The van der Waals surface area contributed by atoms with Crippen molar-refractivity contribution in [2.75, 3.05) is 13.7 Å². The molecule has 0 aliphatic heterocycles. The number of hydrogen-bond donors (Lipinski definition) is 2. The predicted octanol–water partition coefficient (Wildman–Crippen LogP) is 2.58. The highest BCUT2D eigenvalue weighted by molar-refractivity contribution is 9.10. The number of carbonyl (C=O) groups excluding carboxylic acids is 3. The Hall–Kier alpha value is -2.87. The molecule has 7 nitrogen and oxygen atoms in total. The van der Waals surface area contributed by atoms with Crippen LogP contribution in [-0.2, 0) is 32.1 Å². The van der Waals surface area contributed by atoms with Crippen LogP contribution in [0.15, 0.2) is 59.1 Å². The molecule has 0 heterocycles. The summed E-state index contributed by atoms with van der Waals surface area (Å²) in [5.74, 6) is -1.10. The number of nitrogens with one attached hydrogen (secondary N) is 2. The van der Waals surface area contributed by atoms with E-state index in [1.54, 1.807) is 0 Å². The number of hydrogen-bond acceptors (Lipinski definition) is 5. The fourth-order valence-electron chi connectivity index (χ4n) is 2.41. The molecule has 0 aliphatic rings. The Balaban J connectivity index is 1.82. The fraction of sp³-hybridized carbons (Fsp3) is 0.250. The van der Waals surface area contributed by atoms with Crippen LogP contribution in [-0.4, -0.2) is 37.7 Å². The molecule has 2 aromatic rings. The Kier molecular flexibility index (Phi) is 8.48. The third-order valence-corrected chi connectivity index (χ3v) is 4.25. The molecule has 2 rings (SSSR count). The second-order valence-corrected chi connectivity index (χ2v) is 6.81. The zero-order valence-corrected chi connectivity index (χ0v) is 16.9. The number of esters is 1. The lowest BCUT2D eigenvalue weighted by Crippen LogP contribution is -2.47. The van der Waals surface area contributed by atoms with E-state index in [9.17, 15) is 14.4 Å². The van der Waals surface area contributed by atoms with Crippen molar-refractivity contribution in [3.63, 3.8) is 0 Å². The van der Waals surface area contributed by atoms with Gasteiger partial charge in [0.2, 0.25) is 5.91 Å². The summed E-state index contributed by atoms with van der Waals surface area (Å²) in [5, 5.41) is 4.92. The van der Waals surface area contributed by atoms with E-state index in [-0.39, 0.29) is 19.6 Å². The Bertz CT molecular complexity index is 813. The van der Waals surface area contributed by atoms with Gasteiger partial charge < -0.3 is 20.1 Å². The van der Waals surface area contributed by atoms with Crippen LogP contribution >= 0.6 is 15.9 Å². The van der Waals surface area contributed by atoms with E-state index in [4.69, 9.17) is 9.47 Å². The van der Waals surface area contributed by atoms with Gasteiger partial charge in [-0.05, 0) is 23.3 Å². The van der Waals surface area contributed by atoms with Gasteiger partial charge in [0.15, 0.2) is 0 Å². The summed E-state index contributed by atoms with van der Waals surface area (Å²) in [4.78, 5) is 35.8. The van der Waals surface area contributed by atoms with Crippen LogP contribution in [0.3, 0.4) is 0 Å². The second-order valence-electron chi connectivity index (χ2n) is 5.89. The van der Waals surface area contributed by atoms with Gasteiger partial charge in [0.1, 0.15) is 19.2 Å². The summed E-state index contributed by atoms with van der Waals surface area (Å²) in [5.41, 5.74) is 1.68. The number of halogens is 1. The normalized spacial score (nSPS) is 11.2. The van der Waals surface area contributed by atoms with Crippen LogP contribution in [0.2, 0.25) is 0 Å². The zero-order valence-electron chi connectivity index (χ0n) is 15.3. The number of methoxy groups -OCH3 is 1. The molecular weight excluding hydrogens is 428 g/mol. The first-order chi connectivity index (χ1) is 13.5. The Labute approximate surface area is 171 Å². The number of carbonyl (C=O) groups is 3. The van der Waals surface area contributed by atoms with Gasteiger partial charge >= 0.3 is 12.1 Å². The standard InChI is InChI=1S/C20H21BrN2O5/c1-27-19(25)17(11-15-8-5-9-16(21)10-15)23-18(24)12-22-20(26)28-13-14-6-3-2-4-7-14/h2-10,17H,11-13H2,1H3,(H,22,26)(H,23,24)/t17-/m1/s1. The summed E-state index contributed by atoms with van der Waals surface area (Å²) in [6, 6.07) is 15.7. The van der Waals surface area contributed by atoms with Gasteiger partial charge in [-0.3, -0.25) is 4.79 Å². The molecule has 0 aromatic heterocycles. The smallest absolute Gasteiger partial charge is 0.407 e. The quantitative estimate of drug-likeness (QED) is 0.605. The van der Waals surface area contributed by atoms with Gasteiger partial charge in [0.25, 0.3) is 0 Å². The maximum Gasteiger partial charge on any atom is 0.407 e. The van der Waals surface area contributed by atoms with Gasteiger partial charge in [0, 0.05) is 10.9 Å². The van der Waals surface area contributed by atoms with Crippen LogP contribution in [0.5, 0.6) is 0 Å². The highest BCUT2D eigenvalue weighted by Crippen LogP contribution is 2.13. The van der Waals surface area contributed by atoms with Gasteiger partial charge in [-0.25, -0.2) is 9.59 Å². The number of alkyl carbamates (subject to hydrolysis) is 1. The molecule has 148 valence electrons. The van der Waals surface area contributed by atoms with E-state index >= 15 is 0 Å². The number of benzene rings is 2. The van der Waals surface area contributed by atoms with Crippen molar-refractivity contribution in [2.24, 2.45) is 0 Å². The van der Waals surface area contributed by atoms with Crippen LogP contribution in [0.1, 0.15) is 11.1 Å². The molecule has 2 aromatic carbocycles. The van der Waals surface area contributed by atoms with Crippen molar-refractivity contribution in [3.8, 4) is 0 Å². The van der Waals surface area contributed by atoms with Crippen molar-refractivity contribution in [1.29, 1.82) is 0 Å². The van der Waals surface area contributed by atoms with E-state index in [1.807, 2.05) is 54.6 Å². The van der Waals surface area contributed by atoms with Gasteiger partial charge in [-0.1, -0.05) is 58.4 Å². The van der Waals surface area contributed by atoms with Crippen molar-refractivity contribution in [1.82, 2.24) is 10.6 Å². The van der Waals surface area contributed by atoms with E-state index in [2.05, 4.69) is 26.6 Å². The molecule has 0 radical (unpaired) electrons. The van der Waals surface area contributed by atoms with Crippen LogP contribution < -0.4 is 10.6 Å². The predicted molar refractivity (Wildman–Crippen MR) is 106 cm³/mol. The summed E-state index contributed by atoms with van der Waals surface area (Å²) >= 11 is 3.36. The lowest BCUT2D eigenvalue weighted by atomic mass is 10.1. The molecular formula is C20H21BrN2O5. The molecule has 0 aliphatic carbocycles. The molecule has 1 atom stereocenters. The summed E-state index contributed by atoms with van der Waals surface area (Å²) < 4.78 is 10.6. The second kappa shape index (κ2) is 11.1.